The summed E-state index contributed by atoms with van der Waals surface area (Å²) in [7, 11) is 5.10. The zero-order valence-corrected chi connectivity index (χ0v) is 22.7. The molecule has 2 aromatic heterocycles. The molecular weight excluding hydrogens is 557 g/mol. The van der Waals surface area contributed by atoms with E-state index in [1.165, 1.54) is 23.0 Å². The summed E-state index contributed by atoms with van der Waals surface area (Å²) in [6.07, 6.45) is -1.09. The van der Waals surface area contributed by atoms with Crippen LogP contribution in [0, 0.1) is 0 Å². The molecule has 1 aromatic carbocycles. The molecule has 0 bridgehead atoms. The van der Waals surface area contributed by atoms with Crippen LogP contribution < -0.4 is 15.3 Å². The lowest BCUT2D eigenvalue weighted by atomic mass is 10.1. The number of carbonyl (C=O) groups excluding carboxylic acids is 1. The molecule has 39 heavy (non-hydrogen) atoms. The first-order chi connectivity index (χ1) is 18.5. The van der Waals surface area contributed by atoms with Crippen molar-refractivity contribution in [1.82, 2.24) is 24.4 Å². The van der Waals surface area contributed by atoms with Crippen molar-refractivity contribution in [3.8, 4) is 6.01 Å². The third-order valence-corrected chi connectivity index (χ3v) is 9.39. The minimum absolute atomic E-state index is 0.0131. The van der Waals surface area contributed by atoms with Gasteiger partial charge >= 0.3 is 17.9 Å². The lowest BCUT2D eigenvalue weighted by molar-refractivity contribution is -0.137. The van der Waals surface area contributed by atoms with Gasteiger partial charge in [-0.15, -0.1) is 10.1 Å². The molecule has 2 aliphatic heterocycles. The lowest BCUT2D eigenvalue weighted by Crippen LogP contribution is -2.58. The molecule has 1 saturated heterocycles. The topological polar surface area (TPSA) is 93.5 Å². The van der Waals surface area contributed by atoms with E-state index in [9.17, 15) is 22.8 Å². The first kappa shape index (κ1) is 27.3. The molecule has 1 fully saturated rings. The predicted molar refractivity (Wildman–Crippen MR) is 144 cm³/mol. The third kappa shape index (κ3) is 5.17. The molecule has 1 amide bonds. The molecule has 5 rings (SSSR count). The number of hydrogen-bond donors (Lipinski definition) is 1. The predicted octanol–water partition coefficient (Wildman–Crippen LogP) is 3.79. The largest absolute Gasteiger partial charge is 0.457 e. The van der Waals surface area contributed by atoms with Crippen LogP contribution in [0.15, 0.2) is 52.9 Å². The van der Waals surface area contributed by atoms with Crippen molar-refractivity contribution in [2.24, 2.45) is 0 Å². The number of hydrogen-bond acceptors (Lipinski definition) is 7. The summed E-state index contributed by atoms with van der Waals surface area (Å²) in [5.41, 5.74) is -1.20. The van der Waals surface area contributed by atoms with Crippen LogP contribution in [0.1, 0.15) is 19.4 Å². The number of nitrogens with zero attached hydrogens (tertiary/aromatic N) is 6. The average molecular weight is 583 g/mol. The van der Waals surface area contributed by atoms with Gasteiger partial charge in [0.15, 0.2) is 0 Å². The smallest absolute Gasteiger partial charge is 0.416 e. The maximum atomic E-state index is 14.1. The van der Waals surface area contributed by atoms with E-state index in [0.717, 1.165) is 12.1 Å². The van der Waals surface area contributed by atoms with Crippen LogP contribution in [-0.4, -0.2) is 67.4 Å². The Balaban J connectivity index is 1.65. The van der Waals surface area contributed by atoms with E-state index in [-0.39, 0.29) is 65.5 Å². The molecule has 4 atom stereocenters. The first-order valence-electron chi connectivity index (χ1n) is 12.2. The van der Waals surface area contributed by atoms with Crippen molar-refractivity contribution >= 4 is 43.4 Å². The fourth-order valence-corrected chi connectivity index (χ4v) is 7.63. The third-order valence-electron chi connectivity index (χ3n) is 6.83. The maximum Gasteiger partial charge on any atom is 0.416 e. The van der Waals surface area contributed by atoms with Crippen LogP contribution in [0.25, 0.3) is 10.9 Å². The van der Waals surface area contributed by atoms with Gasteiger partial charge in [-0.2, -0.15) is 18.2 Å². The number of ether oxygens (including phenoxy) is 1. The first-order valence-corrected chi connectivity index (χ1v) is 14.6. The number of carbonyl (C=O) groups is 1. The summed E-state index contributed by atoms with van der Waals surface area (Å²) in [6, 6.07) is 3.15. The SMILES string of the molecule is C=CC(=O)N1[C@H](C)CN(c2nc(=O)n3c4c(cc(C(F)(F)F)cc24)[SH](Cl)C[C@@H](Oc2ncccn2)C3)C[C@@H]1C. The monoisotopic (exact) mass is 582 g/mol. The fourth-order valence-electron chi connectivity index (χ4n) is 5.28. The van der Waals surface area contributed by atoms with Gasteiger partial charge in [0.2, 0.25) is 5.91 Å². The van der Waals surface area contributed by atoms with Crippen molar-refractivity contribution in [2.45, 2.75) is 49.7 Å². The Labute approximate surface area is 229 Å². The van der Waals surface area contributed by atoms with E-state index in [2.05, 4.69) is 21.5 Å². The van der Waals surface area contributed by atoms with Gasteiger partial charge in [0.05, 0.1) is 17.6 Å². The summed E-state index contributed by atoms with van der Waals surface area (Å²) >= 11 is 0. The van der Waals surface area contributed by atoms with Crippen LogP contribution in [0.3, 0.4) is 0 Å². The van der Waals surface area contributed by atoms with Crippen molar-refractivity contribution in [1.29, 1.82) is 0 Å². The number of amides is 1. The number of benzene rings is 1. The Morgan fingerprint density at radius 1 is 1.18 bits per heavy atom. The van der Waals surface area contributed by atoms with Gasteiger partial charge in [-0.05, 0) is 38.1 Å². The number of alkyl halides is 3. The lowest BCUT2D eigenvalue weighted by Gasteiger charge is -2.44. The molecule has 14 heteroatoms. The number of anilines is 1. The second-order valence-corrected chi connectivity index (χ2v) is 12.4. The number of rotatable bonds is 4. The van der Waals surface area contributed by atoms with E-state index in [1.807, 2.05) is 13.8 Å². The Bertz CT molecular complexity index is 1480. The molecular formula is C25H26ClF3N6O3S. The Morgan fingerprint density at radius 2 is 1.85 bits per heavy atom. The van der Waals surface area contributed by atoms with Gasteiger partial charge in [0, 0.05) is 53.6 Å². The number of thiol groups is 1. The summed E-state index contributed by atoms with van der Waals surface area (Å²) in [4.78, 5) is 41.9. The van der Waals surface area contributed by atoms with Crippen LogP contribution in [0.2, 0.25) is 0 Å². The summed E-state index contributed by atoms with van der Waals surface area (Å²) < 4.78 is 49.4. The average Bonchev–Trinajstić information content (AvgIpc) is 3.02. The van der Waals surface area contributed by atoms with E-state index in [4.69, 9.17) is 15.4 Å². The van der Waals surface area contributed by atoms with E-state index >= 15 is 0 Å². The molecule has 1 unspecified atom stereocenters. The number of halogens is 4. The Kier molecular flexibility index (Phi) is 7.23. The molecule has 0 aliphatic carbocycles. The van der Waals surface area contributed by atoms with Crippen LogP contribution in [0.4, 0.5) is 19.0 Å². The Hall–Kier alpha value is -3.32. The van der Waals surface area contributed by atoms with Crippen LogP contribution in [0.5, 0.6) is 6.01 Å². The van der Waals surface area contributed by atoms with Crippen LogP contribution >= 0.6 is 20.8 Å². The molecule has 0 N–H and O–H groups in total. The number of aromatic nitrogens is 4. The highest BCUT2D eigenvalue weighted by Gasteiger charge is 2.37. The minimum atomic E-state index is -4.65. The van der Waals surface area contributed by atoms with Crippen LogP contribution in [-0.2, 0) is 17.5 Å². The summed E-state index contributed by atoms with van der Waals surface area (Å²) in [6.45, 7) is 7.78. The highest BCUT2D eigenvalue weighted by atomic mass is 35.7. The quantitative estimate of drug-likeness (QED) is 0.370. The zero-order valence-electron chi connectivity index (χ0n) is 21.1. The van der Waals surface area contributed by atoms with Gasteiger partial charge in [-0.25, -0.2) is 14.8 Å². The van der Waals surface area contributed by atoms with Gasteiger partial charge in [-0.1, -0.05) is 17.3 Å². The van der Waals surface area contributed by atoms with Gasteiger partial charge in [-0.3, -0.25) is 9.36 Å². The molecule has 2 aliphatic rings. The van der Waals surface area contributed by atoms with Crippen molar-refractivity contribution in [3.05, 3.63) is 59.3 Å². The molecule has 4 heterocycles. The second-order valence-electron chi connectivity index (χ2n) is 9.59. The van der Waals surface area contributed by atoms with Gasteiger partial charge in [0.25, 0.3) is 0 Å². The fraction of sp³-hybridized carbons (Fsp3) is 0.400. The van der Waals surface area contributed by atoms with Gasteiger partial charge in [0.1, 0.15) is 11.9 Å². The number of piperazine rings is 1. The van der Waals surface area contributed by atoms with E-state index < -0.39 is 33.6 Å². The second kappa shape index (κ2) is 10.3. The highest BCUT2D eigenvalue weighted by molar-refractivity contribution is 8.36. The standard InChI is InChI=1S/C25H26ClF3N6O3S/c1-4-20(36)35-14(2)10-33(11-15(35)3)22-18-8-16(25(27,28)29)9-19-21(18)34(24(37)32-22)12-17(13-39(19)26)38-23-30-6-5-7-31-23/h4-9,14-15,17,39H,1,10-13H2,2-3H3/t14-,15+,17-/m0/s1. The molecule has 0 spiro atoms. The molecule has 3 aromatic rings. The molecule has 9 nitrogen and oxygen atoms in total. The van der Waals surface area contributed by atoms with Gasteiger partial charge < -0.3 is 14.5 Å². The van der Waals surface area contributed by atoms with Crippen molar-refractivity contribution in [2.75, 3.05) is 23.7 Å². The molecule has 0 saturated carbocycles. The highest BCUT2D eigenvalue weighted by Crippen LogP contribution is 2.50. The summed E-state index contributed by atoms with van der Waals surface area (Å²) in [5, 5.41) is 0.173. The van der Waals surface area contributed by atoms with E-state index in [1.54, 1.807) is 15.9 Å². The van der Waals surface area contributed by atoms with E-state index in [0.29, 0.717) is 5.52 Å². The van der Waals surface area contributed by atoms with Crippen molar-refractivity contribution in [3.63, 3.8) is 0 Å². The normalized spacial score (nSPS) is 24.4. The molecule has 0 radical (unpaired) electrons. The zero-order chi connectivity index (χ0) is 28.1. The summed E-state index contributed by atoms with van der Waals surface area (Å²) in [5.74, 6) is 0.0729. The Morgan fingerprint density at radius 3 is 2.46 bits per heavy atom. The van der Waals surface area contributed by atoms with Crippen molar-refractivity contribution < 1.29 is 22.7 Å². The molecule has 208 valence electrons. The maximum absolute atomic E-state index is 14.1. The minimum Gasteiger partial charge on any atom is -0.457 e.